The first kappa shape index (κ1) is 29.6. The molecule has 7 heterocycles. The van der Waals surface area contributed by atoms with Crippen LogP contribution in [0.15, 0.2) is 89.6 Å². The normalized spacial score (nSPS) is 16.3. The average molecular weight is 651 g/mol. The zero-order valence-electron chi connectivity index (χ0n) is 27.7. The Morgan fingerprint density at radius 3 is 1.39 bits per heavy atom. The highest BCUT2D eigenvalue weighted by atomic mass is 16.3. The summed E-state index contributed by atoms with van der Waals surface area (Å²) in [6.07, 6.45) is 3.68. The predicted molar refractivity (Wildman–Crippen MR) is 195 cm³/mol. The van der Waals surface area contributed by atoms with Crippen LogP contribution < -0.4 is 9.80 Å². The fourth-order valence-electron chi connectivity index (χ4n) is 6.76. The van der Waals surface area contributed by atoms with E-state index in [-0.39, 0.29) is 0 Å². The maximum atomic E-state index is 6.21. The number of rotatable bonds is 6. The molecule has 49 heavy (non-hydrogen) atoms. The van der Waals surface area contributed by atoms with E-state index in [4.69, 9.17) is 24.4 Å². The standard InChI is InChI=1S/C38H38N10O/c1-45-13-17-47(18-14-45)27-5-9-29-33(21-27)43-37(41-29)25-3-7-31(39-23-25)35-11-12-36(49-35)32-8-4-26(24-40-32)38-42-30-10-6-28(22-34(30)44-38)48-19-15-46(2)16-20-48/h3-12,21-24H,13-20H2,1-2H3,(H,41,43)(H,42,44). The van der Waals surface area contributed by atoms with Gasteiger partial charge in [0.2, 0.25) is 0 Å². The van der Waals surface area contributed by atoms with E-state index in [1.807, 2.05) is 48.8 Å². The van der Waals surface area contributed by atoms with Crippen molar-refractivity contribution in [3.63, 3.8) is 0 Å². The number of hydrogen-bond donors (Lipinski definition) is 2. The van der Waals surface area contributed by atoms with Crippen LogP contribution >= 0.6 is 0 Å². The van der Waals surface area contributed by atoms with Crippen molar-refractivity contribution in [3.8, 4) is 45.7 Å². The summed E-state index contributed by atoms with van der Waals surface area (Å²) in [6.45, 7) is 8.43. The number of imidazole rings is 2. The van der Waals surface area contributed by atoms with Gasteiger partial charge in [-0.3, -0.25) is 9.97 Å². The highest BCUT2D eigenvalue weighted by molar-refractivity contribution is 5.84. The number of aromatic nitrogens is 6. The second-order valence-corrected chi connectivity index (χ2v) is 13.2. The minimum atomic E-state index is 0.683. The lowest BCUT2D eigenvalue weighted by Gasteiger charge is -2.34. The number of furan rings is 1. The van der Waals surface area contributed by atoms with Gasteiger partial charge in [0.15, 0.2) is 11.5 Å². The Hall–Kier alpha value is -5.52. The average Bonchev–Trinajstić information content (AvgIpc) is 3.91. The molecule has 2 aliphatic heterocycles. The van der Waals surface area contributed by atoms with Crippen LogP contribution in [-0.2, 0) is 0 Å². The van der Waals surface area contributed by atoms with Crippen molar-refractivity contribution < 1.29 is 4.42 Å². The largest absolute Gasteiger partial charge is 0.453 e. The second-order valence-electron chi connectivity index (χ2n) is 13.2. The van der Waals surface area contributed by atoms with E-state index in [0.717, 1.165) is 109 Å². The number of hydrogen-bond acceptors (Lipinski definition) is 9. The van der Waals surface area contributed by atoms with Gasteiger partial charge < -0.3 is 34.0 Å². The molecule has 0 amide bonds. The molecule has 0 radical (unpaired) electrons. The van der Waals surface area contributed by atoms with Crippen molar-refractivity contribution in [3.05, 3.63) is 85.2 Å². The molecular weight excluding hydrogens is 612 g/mol. The highest BCUT2D eigenvalue weighted by Gasteiger charge is 2.18. The summed E-state index contributed by atoms with van der Waals surface area (Å²) < 4.78 is 6.21. The van der Waals surface area contributed by atoms with Gasteiger partial charge in [-0.2, -0.15) is 0 Å². The third-order valence-electron chi connectivity index (χ3n) is 9.85. The Kier molecular flexibility index (Phi) is 7.36. The van der Waals surface area contributed by atoms with Crippen molar-refractivity contribution in [1.29, 1.82) is 0 Å². The van der Waals surface area contributed by atoms with E-state index < -0.39 is 0 Å². The van der Waals surface area contributed by atoms with Crippen molar-refractivity contribution in [2.24, 2.45) is 0 Å². The number of likely N-dealkylation sites (N-methyl/N-ethyl adjacent to an activating group) is 2. The molecular formula is C38H38N10O. The summed E-state index contributed by atoms with van der Waals surface area (Å²) in [4.78, 5) is 35.7. The molecule has 11 nitrogen and oxygen atoms in total. The molecule has 2 aromatic carbocycles. The number of anilines is 2. The molecule has 0 aliphatic carbocycles. The van der Waals surface area contributed by atoms with Crippen LogP contribution in [0.3, 0.4) is 0 Å². The lowest BCUT2D eigenvalue weighted by atomic mass is 10.2. The number of nitrogens with one attached hydrogen (secondary N) is 2. The molecule has 2 saturated heterocycles. The molecule has 9 rings (SSSR count). The first-order valence-corrected chi connectivity index (χ1v) is 16.9. The molecule has 2 fully saturated rings. The summed E-state index contributed by atoms with van der Waals surface area (Å²) in [5.74, 6) is 2.97. The molecule has 0 spiro atoms. The van der Waals surface area contributed by atoms with E-state index in [1.54, 1.807) is 0 Å². The summed E-state index contributed by atoms with van der Waals surface area (Å²) in [5.41, 5.74) is 9.75. The number of benzene rings is 2. The van der Waals surface area contributed by atoms with Gasteiger partial charge >= 0.3 is 0 Å². The van der Waals surface area contributed by atoms with E-state index in [0.29, 0.717) is 11.5 Å². The van der Waals surface area contributed by atoms with Gasteiger partial charge in [-0.1, -0.05) is 0 Å². The lowest BCUT2D eigenvalue weighted by Crippen LogP contribution is -2.44. The first-order valence-electron chi connectivity index (χ1n) is 16.9. The van der Waals surface area contributed by atoms with Crippen LogP contribution in [0.1, 0.15) is 0 Å². The van der Waals surface area contributed by atoms with Crippen molar-refractivity contribution in [2.75, 3.05) is 76.3 Å². The Morgan fingerprint density at radius 2 is 0.980 bits per heavy atom. The zero-order chi connectivity index (χ0) is 32.9. The minimum Gasteiger partial charge on any atom is -0.453 e. The summed E-state index contributed by atoms with van der Waals surface area (Å²) in [6, 6.07) is 24.8. The third-order valence-corrected chi connectivity index (χ3v) is 9.85. The van der Waals surface area contributed by atoms with Gasteiger partial charge in [-0.15, -0.1) is 0 Å². The van der Waals surface area contributed by atoms with Gasteiger partial charge in [0.1, 0.15) is 23.0 Å². The maximum Gasteiger partial charge on any atom is 0.153 e. The van der Waals surface area contributed by atoms with Gasteiger partial charge in [-0.05, 0) is 86.9 Å². The first-order chi connectivity index (χ1) is 24.0. The van der Waals surface area contributed by atoms with Crippen molar-refractivity contribution in [1.82, 2.24) is 39.7 Å². The van der Waals surface area contributed by atoms with E-state index >= 15 is 0 Å². The number of fused-ring (bicyclic) bond motifs is 2. The van der Waals surface area contributed by atoms with Crippen molar-refractivity contribution in [2.45, 2.75) is 0 Å². The topological polar surface area (TPSA) is 109 Å². The number of pyridine rings is 2. The summed E-state index contributed by atoms with van der Waals surface area (Å²) >= 11 is 0. The zero-order valence-corrected chi connectivity index (χ0v) is 27.7. The molecule has 246 valence electrons. The molecule has 5 aromatic heterocycles. The van der Waals surface area contributed by atoms with Crippen LogP contribution in [0.25, 0.3) is 67.8 Å². The van der Waals surface area contributed by atoms with E-state index in [1.165, 1.54) is 11.4 Å². The fourth-order valence-corrected chi connectivity index (χ4v) is 6.76. The SMILES string of the molecule is CN1CCN(c2ccc3nc(-c4ccc(-c5ccc(-c6ccc(-c7nc8ccc(N9CCN(C)CC9)cc8[nH]7)cn6)o5)nc4)[nH]c3c2)CC1. The van der Waals surface area contributed by atoms with Crippen LogP contribution in [0.5, 0.6) is 0 Å². The fraction of sp³-hybridized carbons (Fsp3) is 0.263. The summed E-state index contributed by atoms with van der Waals surface area (Å²) in [5, 5.41) is 0. The monoisotopic (exact) mass is 650 g/mol. The van der Waals surface area contributed by atoms with Gasteiger partial charge in [0.25, 0.3) is 0 Å². The van der Waals surface area contributed by atoms with E-state index in [2.05, 4.69) is 80.1 Å². The molecule has 0 saturated carbocycles. The smallest absolute Gasteiger partial charge is 0.153 e. The molecule has 0 bridgehead atoms. The maximum absolute atomic E-state index is 6.21. The highest BCUT2D eigenvalue weighted by Crippen LogP contribution is 2.31. The number of H-pyrrole nitrogens is 2. The molecule has 2 aliphatic rings. The predicted octanol–water partition coefficient (Wildman–Crippen LogP) is 5.99. The Balaban J connectivity index is 0.887. The van der Waals surface area contributed by atoms with Gasteiger partial charge in [-0.25, -0.2) is 9.97 Å². The van der Waals surface area contributed by atoms with Crippen LogP contribution in [0.4, 0.5) is 11.4 Å². The van der Waals surface area contributed by atoms with Crippen LogP contribution in [-0.4, -0.2) is 106 Å². The number of nitrogens with zero attached hydrogens (tertiary/aromatic N) is 8. The molecule has 11 heteroatoms. The molecule has 0 atom stereocenters. The Bertz CT molecular complexity index is 2080. The number of piperazine rings is 2. The summed E-state index contributed by atoms with van der Waals surface area (Å²) in [7, 11) is 4.35. The third kappa shape index (κ3) is 5.81. The molecule has 7 aromatic rings. The minimum absolute atomic E-state index is 0.683. The Morgan fingerprint density at radius 1 is 0.531 bits per heavy atom. The van der Waals surface area contributed by atoms with E-state index in [9.17, 15) is 0 Å². The number of aromatic amines is 2. The van der Waals surface area contributed by atoms with Crippen LogP contribution in [0.2, 0.25) is 0 Å². The molecule has 2 N–H and O–H groups in total. The van der Waals surface area contributed by atoms with Gasteiger partial charge in [0, 0.05) is 87.3 Å². The molecule has 0 unspecified atom stereocenters. The van der Waals surface area contributed by atoms with Gasteiger partial charge in [0.05, 0.1) is 22.1 Å². The van der Waals surface area contributed by atoms with Crippen LogP contribution in [0, 0.1) is 0 Å². The Labute approximate surface area is 284 Å². The second kappa shape index (κ2) is 12.2. The lowest BCUT2D eigenvalue weighted by molar-refractivity contribution is 0.313. The van der Waals surface area contributed by atoms with Crippen molar-refractivity contribution >= 4 is 33.4 Å². The quantitative estimate of drug-likeness (QED) is 0.224.